The second kappa shape index (κ2) is 17.3. The summed E-state index contributed by atoms with van der Waals surface area (Å²) in [5, 5.41) is 3.54. The fourth-order valence-corrected chi connectivity index (χ4v) is 9.03. The van der Waals surface area contributed by atoms with Crippen molar-refractivity contribution < 1.29 is 0 Å². The molecule has 0 radical (unpaired) electrons. The molecule has 0 saturated carbocycles. The SMILES string of the molecule is C=C/C=C\C(=C/C)c1c(-c2ccccc2)c(-c2ccccc2)c(-c2ccccc2)c2c(-c3ccccc3)n(C(=C)/C=C\c3cc4ccccc4n3CC)c(-c3ccccc3)c12. The smallest absolute Gasteiger partial charge is 0.0620 e. The van der Waals surface area contributed by atoms with Gasteiger partial charge in [-0.15, -0.1) is 0 Å². The molecular formula is C59H48N2. The molecule has 0 bridgehead atoms. The zero-order chi connectivity index (χ0) is 41.7. The van der Waals surface area contributed by atoms with Crippen molar-refractivity contribution in [3.8, 4) is 55.9 Å². The van der Waals surface area contributed by atoms with E-state index >= 15 is 0 Å². The van der Waals surface area contributed by atoms with Crippen molar-refractivity contribution in [1.29, 1.82) is 0 Å². The summed E-state index contributed by atoms with van der Waals surface area (Å²) in [5.41, 5.74) is 16.8. The van der Waals surface area contributed by atoms with Gasteiger partial charge < -0.3 is 9.13 Å². The maximum absolute atomic E-state index is 4.95. The first-order chi connectivity index (χ1) is 30.1. The van der Waals surface area contributed by atoms with E-state index in [0.717, 1.165) is 79.0 Å². The highest BCUT2D eigenvalue weighted by molar-refractivity contribution is 6.25. The van der Waals surface area contributed by atoms with E-state index in [2.05, 4.69) is 242 Å². The molecule has 7 aromatic carbocycles. The summed E-state index contributed by atoms with van der Waals surface area (Å²) in [6, 6.07) is 65.3. The quantitative estimate of drug-likeness (QED) is 0.109. The largest absolute Gasteiger partial charge is 0.341 e. The molecule has 2 nitrogen and oxygen atoms in total. The van der Waals surface area contributed by atoms with E-state index in [9.17, 15) is 0 Å². The summed E-state index contributed by atoms with van der Waals surface area (Å²) < 4.78 is 4.80. The Labute approximate surface area is 359 Å². The van der Waals surface area contributed by atoms with Crippen LogP contribution in [-0.4, -0.2) is 9.13 Å². The van der Waals surface area contributed by atoms with E-state index in [4.69, 9.17) is 6.58 Å². The summed E-state index contributed by atoms with van der Waals surface area (Å²) in [4.78, 5) is 0. The van der Waals surface area contributed by atoms with Crippen molar-refractivity contribution in [1.82, 2.24) is 9.13 Å². The van der Waals surface area contributed by atoms with Gasteiger partial charge in [-0.05, 0) is 88.2 Å². The number of aromatic nitrogens is 2. The zero-order valence-electron chi connectivity index (χ0n) is 34.8. The summed E-state index contributed by atoms with van der Waals surface area (Å²) in [5.74, 6) is 0. The van der Waals surface area contributed by atoms with E-state index in [1.165, 1.54) is 27.6 Å². The van der Waals surface area contributed by atoms with Gasteiger partial charge in [0.1, 0.15) is 0 Å². The molecule has 0 spiro atoms. The van der Waals surface area contributed by atoms with E-state index in [-0.39, 0.29) is 0 Å². The molecule has 2 aromatic heterocycles. The van der Waals surface area contributed by atoms with Crippen molar-refractivity contribution in [2.75, 3.05) is 0 Å². The van der Waals surface area contributed by atoms with Crippen molar-refractivity contribution in [2.45, 2.75) is 20.4 Å². The number of nitrogens with zero attached hydrogens (tertiary/aromatic N) is 2. The van der Waals surface area contributed by atoms with Crippen LogP contribution in [0.15, 0.2) is 226 Å². The Bertz CT molecular complexity index is 3100. The van der Waals surface area contributed by atoms with Gasteiger partial charge in [0.15, 0.2) is 0 Å². The second-order valence-electron chi connectivity index (χ2n) is 15.1. The van der Waals surface area contributed by atoms with Crippen LogP contribution >= 0.6 is 0 Å². The summed E-state index contributed by atoms with van der Waals surface area (Å²) in [7, 11) is 0. The first-order valence-corrected chi connectivity index (χ1v) is 21.1. The molecule has 2 heteroatoms. The van der Waals surface area contributed by atoms with Crippen LogP contribution < -0.4 is 0 Å². The Morgan fingerprint density at radius 3 is 1.54 bits per heavy atom. The minimum absolute atomic E-state index is 0.857. The van der Waals surface area contributed by atoms with Crippen LogP contribution in [0, 0.1) is 0 Å². The predicted molar refractivity (Wildman–Crippen MR) is 264 cm³/mol. The van der Waals surface area contributed by atoms with Gasteiger partial charge in [-0.3, -0.25) is 0 Å². The summed E-state index contributed by atoms with van der Waals surface area (Å²) in [6.07, 6.45) is 12.8. The molecule has 0 fully saturated rings. The highest BCUT2D eigenvalue weighted by atomic mass is 15.0. The van der Waals surface area contributed by atoms with Crippen LogP contribution in [0.3, 0.4) is 0 Å². The molecule has 2 heterocycles. The lowest BCUT2D eigenvalue weighted by molar-refractivity contribution is 0.789. The van der Waals surface area contributed by atoms with Crippen molar-refractivity contribution in [3.05, 3.63) is 237 Å². The third-order valence-corrected chi connectivity index (χ3v) is 11.6. The number of benzene rings is 7. The standard InChI is InChI=1S/C59H48N2/c1-5-8-26-43(6-2)52-53(44-27-14-9-15-28-44)54(45-29-16-10-17-30-45)55(46-31-18-11-19-32-46)57-56(52)58(47-33-20-12-21-34-47)61(59(57)48-35-22-13-23-36-48)42(4)39-40-50-41-49-37-24-25-38-51(49)60(50)7-3/h5-6,8-41H,1,4,7H2,2-3H3/b26-8-,40-39-,43-6+. The van der Waals surface area contributed by atoms with E-state index in [1.807, 2.05) is 6.08 Å². The molecule has 0 atom stereocenters. The summed E-state index contributed by atoms with van der Waals surface area (Å²) in [6.45, 7) is 14.3. The maximum Gasteiger partial charge on any atom is 0.0620 e. The normalized spacial score (nSPS) is 11.9. The van der Waals surface area contributed by atoms with Gasteiger partial charge >= 0.3 is 0 Å². The number of hydrogen-bond donors (Lipinski definition) is 0. The Balaban J connectivity index is 1.55. The van der Waals surface area contributed by atoms with Gasteiger partial charge in [-0.1, -0.05) is 207 Å². The maximum atomic E-state index is 4.95. The van der Waals surface area contributed by atoms with Crippen LogP contribution in [0.25, 0.3) is 94.9 Å². The van der Waals surface area contributed by atoms with E-state index in [1.54, 1.807) is 0 Å². The first-order valence-electron chi connectivity index (χ1n) is 21.1. The molecule has 0 aliphatic rings. The fraction of sp³-hybridized carbons (Fsp3) is 0.0508. The lowest BCUT2D eigenvalue weighted by atomic mass is 9.78. The molecule has 9 rings (SSSR count). The molecule has 9 aromatic rings. The molecule has 294 valence electrons. The molecule has 0 N–H and O–H groups in total. The van der Waals surface area contributed by atoms with E-state index < -0.39 is 0 Å². The van der Waals surface area contributed by atoms with Crippen LogP contribution in [-0.2, 0) is 6.54 Å². The van der Waals surface area contributed by atoms with Gasteiger partial charge in [0.2, 0.25) is 0 Å². The average molecular weight is 785 g/mol. The monoisotopic (exact) mass is 784 g/mol. The van der Waals surface area contributed by atoms with Gasteiger partial charge in [0, 0.05) is 45.2 Å². The third-order valence-electron chi connectivity index (χ3n) is 11.6. The molecule has 0 amide bonds. The van der Waals surface area contributed by atoms with Crippen LogP contribution in [0.5, 0.6) is 0 Å². The molecule has 0 unspecified atom stereocenters. The number of rotatable bonds is 12. The third kappa shape index (κ3) is 7.13. The predicted octanol–water partition coefficient (Wildman–Crippen LogP) is 16.3. The Hall–Kier alpha value is -7.68. The zero-order valence-corrected chi connectivity index (χ0v) is 34.8. The van der Waals surface area contributed by atoms with Gasteiger partial charge in [0.05, 0.1) is 11.4 Å². The molecular weight excluding hydrogens is 737 g/mol. The lowest BCUT2D eigenvalue weighted by Gasteiger charge is -2.24. The minimum Gasteiger partial charge on any atom is -0.341 e. The van der Waals surface area contributed by atoms with Crippen LogP contribution in [0.1, 0.15) is 25.1 Å². The minimum atomic E-state index is 0.857. The highest BCUT2D eigenvalue weighted by Gasteiger charge is 2.32. The van der Waals surface area contributed by atoms with Crippen molar-refractivity contribution in [2.24, 2.45) is 0 Å². The topological polar surface area (TPSA) is 9.86 Å². The number of aryl methyl sites for hydroxylation is 1. The number of hydrogen-bond acceptors (Lipinski definition) is 0. The lowest BCUT2D eigenvalue weighted by Crippen LogP contribution is -2.00. The first kappa shape index (κ1) is 38.8. The van der Waals surface area contributed by atoms with Crippen molar-refractivity contribution in [3.63, 3.8) is 0 Å². The van der Waals surface area contributed by atoms with Crippen LogP contribution in [0.4, 0.5) is 0 Å². The number of allylic oxidation sites excluding steroid dienone is 7. The van der Waals surface area contributed by atoms with Gasteiger partial charge in [-0.25, -0.2) is 0 Å². The molecule has 0 aliphatic heterocycles. The van der Waals surface area contributed by atoms with Gasteiger partial charge in [0.25, 0.3) is 0 Å². The molecule has 61 heavy (non-hydrogen) atoms. The Morgan fingerprint density at radius 1 is 0.541 bits per heavy atom. The van der Waals surface area contributed by atoms with Crippen LogP contribution in [0.2, 0.25) is 0 Å². The Kier molecular flexibility index (Phi) is 11.0. The van der Waals surface area contributed by atoms with Crippen molar-refractivity contribution >= 4 is 39.0 Å². The summed E-state index contributed by atoms with van der Waals surface area (Å²) >= 11 is 0. The van der Waals surface area contributed by atoms with E-state index in [0.29, 0.717) is 0 Å². The fourth-order valence-electron chi connectivity index (χ4n) is 9.03. The van der Waals surface area contributed by atoms with Gasteiger partial charge in [-0.2, -0.15) is 0 Å². The molecule has 0 saturated heterocycles. The number of fused-ring (bicyclic) bond motifs is 2. The highest BCUT2D eigenvalue weighted by Crippen LogP contribution is 2.56. The Morgan fingerprint density at radius 2 is 1.02 bits per heavy atom. The molecule has 0 aliphatic carbocycles. The average Bonchev–Trinajstić information content (AvgIpc) is 3.88. The second-order valence-corrected chi connectivity index (χ2v) is 15.1. The number of para-hydroxylation sites is 1.